The molecule has 1 unspecified atom stereocenters. The van der Waals surface area contributed by atoms with E-state index in [1.165, 1.54) is 38.6 Å². The molecule has 1 aliphatic carbocycles. The first-order chi connectivity index (χ1) is 6.38. The van der Waals surface area contributed by atoms with Crippen LogP contribution in [0.2, 0.25) is 0 Å². The van der Waals surface area contributed by atoms with Crippen molar-refractivity contribution < 1.29 is 4.74 Å². The number of hydrogen-bond donors (Lipinski definition) is 1. The van der Waals surface area contributed by atoms with Gasteiger partial charge in [-0.1, -0.05) is 0 Å². The molecule has 76 valence electrons. The number of ether oxygens (including phenoxy) is 1. The Kier molecular flexibility index (Phi) is 3.23. The molecule has 1 heterocycles. The zero-order valence-corrected chi connectivity index (χ0v) is 8.59. The summed E-state index contributed by atoms with van der Waals surface area (Å²) in [5.74, 6) is 0.951. The van der Waals surface area contributed by atoms with Gasteiger partial charge in [0.1, 0.15) is 0 Å². The summed E-state index contributed by atoms with van der Waals surface area (Å²) in [7, 11) is 0. The van der Waals surface area contributed by atoms with E-state index in [2.05, 4.69) is 12.2 Å². The summed E-state index contributed by atoms with van der Waals surface area (Å²) < 4.78 is 5.55. The monoisotopic (exact) mass is 183 g/mol. The predicted octanol–water partition coefficient (Wildman–Crippen LogP) is 1.94. The van der Waals surface area contributed by atoms with Gasteiger partial charge in [-0.25, -0.2) is 0 Å². The van der Waals surface area contributed by atoms with Crippen molar-refractivity contribution in [3.8, 4) is 0 Å². The highest BCUT2D eigenvalue weighted by Gasteiger charge is 2.31. The van der Waals surface area contributed by atoms with Crippen molar-refractivity contribution in [2.45, 2.75) is 51.2 Å². The fourth-order valence-corrected chi connectivity index (χ4v) is 2.60. The molecule has 0 spiro atoms. The minimum Gasteiger partial charge on any atom is -0.378 e. The van der Waals surface area contributed by atoms with Crippen LogP contribution < -0.4 is 5.32 Å². The number of nitrogens with one attached hydrogen (secondary N) is 1. The Morgan fingerprint density at radius 3 is 2.85 bits per heavy atom. The molecule has 2 nitrogen and oxygen atoms in total. The molecule has 1 atom stereocenters. The Bertz CT molecular complexity index is 148. The second-order valence-electron chi connectivity index (χ2n) is 4.44. The molecular formula is C11H21NO. The van der Waals surface area contributed by atoms with Gasteiger partial charge >= 0.3 is 0 Å². The summed E-state index contributed by atoms with van der Waals surface area (Å²) in [6.45, 7) is 4.22. The van der Waals surface area contributed by atoms with Gasteiger partial charge in [0.05, 0.1) is 6.10 Å². The molecule has 2 aliphatic rings. The molecule has 1 N–H and O–H groups in total. The number of hydrogen-bond acceptors (Lipinski definition) is 2. The van der Waals surface area contributed by atoms with Crippen LogP contribution in [-0.4, -0.2) is 25.3 Å². The van der Waals surface area contributed by atoms with Crippen LogP contribution in [0.5, 0.6) is 0 Å². The summed E-state index contributed by atoms with van der Waals surface area (Å²) in [5.41, 5.74) is 0. The Hall–Kier alpha value is -0.0800. The fraction of sp³-hybridized carbons (Fsp3) is 1.00. The van der Waals surface area contributed by atoms with Crippen LogP contribution in [0.15, 0.2) is 0 Å². The van der Waals surface area contributed by atoms with Crippen molar-refractivity contribution >= 4 is 0 Å². The Morgan fingerprint density at radius 1 is 1.38 bits per heavy atom. The Labute approximate surface area is 81.0 Å². The molecule has 0 amide bonds. The smallest absolute Gasteiger partial charge is 0.0580 e. The summed E-state index contributed by atoms with van der Waals surface area (Å²) >= 11 is 0. The molecule has 0 aromatic rings. The molecule has 1 aliphatic heterocycles. The third-order valence-corrected chi connectivity index (χ3v) is 3.38. The second-order valence-corrected chi connectivity index (χ2v) is 4.44. The molecule has 0 aromatic carbocycles. The van der Waals surface area contributed by atoms with E-state index in [1.54, 1.807) is 0 Å². The lowest BCUT2D eigenvalue weighted by Gasteiger charge is -2.36. The molecule has 0 aromatic heterocycles. The average Bonchev–Trinajstić information content (AvgIpc) is 2.53. The summed E-state index contributed by atoms with van der Waals surface area (Å²) in [6.07, 6.45) is 7.39. The van der Waals surface area contributed by atoms with Gasteiger partial charge in [0.2, 0.25) is 0 Å². The number of rotatable bonds is 4. The van der Waals surface area contributed by atoms with Gasteiger partial charge in [0.15, 0.2) is 0 Å². The minimum absolute atomic E-state index is 0.594. The molecule has 0 bridgehead atoms. The standard InChI is InChI=1S/C11H21NO/c1-2-13-11-7-9(8-11)6-10-4-3-5-12-10/h9-12H,2-8H2,1H3. The van der Waals surface area contributed by atoms with Crippen LogP contribution in [0, 0.1) is 5.92 Å². The SMILES string of the molecule is CCOC1CC(CC2CCCN2)C1. The van der Waals surface area contributed by atoms with Crippen LogP contribution in [0.4, 0.5) is 0 Å². The van der Waals surface area contributed by atoms with E-state index in [-0.39, 0.29) is 0 Å². The summed E-state index contributed by atoms with van der Waals surface area (Å²) in [6, 6.07) is 0.826. The molecule has 2 rings (SSSR count). The zero-order valence-electron chi connectivity index (χ0n) is 8.59. The predicted molar refractivity (Wildman–Crippen MR) is 53.8 cm³/mol. The van der Waals surface area contributed by atoms with E-state index in [0.717, 1.165) is 18.6 Å². The molecule has 2 heteroatoms. The molecule has 1 saturated heterocycles. The highest BCUT2D eigenvalue weighted by Crippen LogP contribution is 2.34. The maximum Gasteiger partial charge on any atom is 0.0580 e. The van der Waals surface area contributed by atoms with E-state index in [0.29, 0.717) is 6.10 Å². The quantitative estimate of drug-likeness (QED) is 0.719. The third-order valence-electron chi connectivity index (χ3n) is 3.38. The van der Waals surface area contributed by atoms with Crippen molar-refractivity contribution in [3.63, 3.8) is 0 Å². The van der Waals surface area contributed by atoms with Gasteiger partial charge in [-0.3, -0.25) is 0 Å². The lowest BCUT2D eigenvalue weighted by molar-refractivity contribution is -0.0285. The highest BCUT2D eigenvalue weighted by molar-refractivity contribution is 4.85. The maximum absolute atomic E-state index is 5.55. The van der Waals surface area contributed by atoms with Crippen molar-refractivity contribution in [1.82, 2.24) is 5.32 Å². The van der Waals surface area contributed by atoms with Gasteiger partial charge in [-0.15, -0.1) is 0 Å². The molecule has 1 saturated carbocycles. The third kappa shape index (κ3) is 2.44. The largest absolute Gasteiger partial charge is 0.378 e. The van der Waals surface area contributed by atoms with E-state index < -0.39 is 0 Å². The van der Waals surface area contributed by atoms with Gasteiger partial charge in [-0.2, -0.15) is 0 Å². The van der Waals surface area contributed by atoms with Crippen molar-refractivity contribution in [2.24, 2.45) is 5.92 Å². The molecule has 13 heavy (non-hydrogen) atoms. The molecule has 0 radical (unpaired) electrons. The van der Waals surface area contributed by atoms with E-state index >= 15 is 0 Å². The minimum atomic E-state index is 0.594. The van der Waals surface area contributed by atoms with Crippen molar-refractivity contribution in [1.29, 1.82) is 0 Å². The fourth-order valence-electron chi connectivity index (χ4n) is 2.60. The van der Waals surface area contributed by atoms with E-state index in [1.807, 2.05) is 0 Å². The maximum atomic E-state index is 5.55. The summed E-state index contributed by atoms with van der Waals surface area (Å²) in [5, 5.41) is 3.56. The van der Waals surface area contributed by atoms with Gasteiger partial charge in [0, 0.05) is 12.6 Å². The summed E-state index contributed by atoms with van der Waals surface area (Å²) in [4.78, 5) is 0. The first-order valence-electron chi connectivity index (χ1n) is 5.73. The Balaban J connectivity index is 1.58. The second kappa shape index (κ2) is 4.43. The van der Waals surface area contributed by atoms with Crippen LogP contribution in [-0.2, 0) is 4.74 Å². The molecular weight excluding hydrogens is 162 g/mol. The van der Waals surface area contributed by atoms with Gasteiger partial charge in [-0.05, 0) is 51.5 Å². The van der Waals surface area contributed by atoms with Gasteiger partial charge < -0.3 is 10.1 Å². The topological polar surface area (TPSA) is 21.3 Å². The van der Waals surface area contributed by atoms with Crippen LogP contribution >= 0.6 is 0 Å². The first-order valence-corrected chi connectivity index (χ1v) is 5.73. The van der Waals surface area contributed by atoms with Gasteiger partial charge in [0.25, 0.3) is 0 Å². The lowest BCUT2D eigenvalue weighted by Crippen LogP contribution is -2.35. The average molecular weight is 183 g/mol. The molecule has 2 fully saturated rings. The lowest BCUT2D eigenvalue weighted by atomic mass is 9.78. The van der Waals surface area contributed by atoms with Crippen LogP contribution in [0.25, 0.3) is 0 Å². The van der Waals surface area contributed by atoms with Crippen LogP contribution in [0.3, 0.4) is 0 Å². The first kappa shape index (κ1) is 9.47. The van der Waals surface area contributed by atoms with E-state index in [9.17, 15) is 0 Å². The Morgan fingerprint density at radius 2 is 2.23 bits per heavy atom. The van der Waals surface area contributed by atoms with Crippen molar-refractivity contribution in [3.05, 3.63) is 0 Å². The highest BCUT2D eigenvalue weighted by atomic mass is 16.5. The van der Waals surface area contributed by atoms with Crippen LogP contribution in [0.1, 0.15) is 39.0 Å². The van der Waals surface area contributed by atoms with Crippen molar-refractivity contribution in [2.75, 3.05) is 13.2 Å². The zero-order chi connectivity index (χ0) is 9.10. The van der Waals surface area contributed by atoms with E-state index in [4.69, 9.17) is 4.74 Å². The normalized spacial score (nSPS) is 39.0.